The molecule has 0 aromatic carbocycles. The summed E-state index contributed by atoms with van der Waals surface area (Å²) in [6.07, 6.45) is 4.10. The molecule has 1 fully saturated rings. The predicted octanol–water partition coefficient (Wildman–Crippen LogP) is 3.15. The van der Waals surface area contributed by atoms with Gasteiger partial charge in [0.1, 0.15) is 17.0 Å². The third kappa shape index (κ3) is 2.11. The summed E-state index contributed by atoms with van der Waals surface area (Å²) < 4.78 is 0. The van der Waals surface area contributed by atoms with E-state index in [2.05, 4.69) is 26.3 Å². The van der Waals surface area contributed by atoms with Crippen molar-refractivity contribution in [3.63, 3.8) is 0 Å². The maximum Gasteiger partial charge on any atom is 0.140 e. The van der Waals surface area contributed by atoms with Crippen LogP contribution in [-0.2, 0) is 0 Å². The molecule has 1 aliphatic heterocycles. The predicted molar refractivity (Wildman–Crippen MR) is 73.1 cm³/mol. The normalized spacial score (nSPS) is 21.0. The minimum atomic E-state index is 0.592. The molecule has 5 heteroatoms. The molecule has 0 spiro atoms. The molecule has 90 valence electrons. The van der Waals surface area contributed by atoms with Gasteiger partial charge in [0.25, 0.3) is 0 Å². The molecule has 0 N–H and O–H groups in total. The quantitative estimate of drug-likeness (QED) is 0.783. The summed E-state index contributed by atoms with van der Waals surface area (Å²) >= 11 is 7.64. The van der Waals surface area contributed by atoms with Gasteiger partial charge in [0.15, 0.2) is 0 Å². The fourth-order valence-corrected chi connectivity index (χ4v) is 3.39. The van der Waals surface area contributed by atoms with Crippen LogP contribution in [0.15, 0.2) is 17.8 Å². The average molecular weight is 268 g/mol. The van der Waals surface area contributed by atoms with Gasteiger partial charge in [0, 0.05) is 19.0 Å². The van der Waals surface area contributed by atoms with Crippen LogP contribution in [0.3, 0.4) is 0 Å². The molecule has 0 amide bonds. The van der Waals surface area contributed by atoms with Crippen molar-refractivity contribution in [1.29, 1.82) is 0 Å². The summed E-state index contributed by atoms with van der Waals surface area (Å²) in [5.41, 5.74) is 0. The molecular formula is C12H14ClN3S. The summed E-state index contributed by atoms with van der Waals surface area (Å²) in [5, 5.41) is 3.25. The van der Waals surface area contributed by atoms with Gasteiger partial charge in [-0.2, -0.15) is 0 Å². The molecule has 1 aliphatic rings. The second-order valence-corrected chi connectivity index (χ2v) is 5.65. The van der Waals surface area contributed by atoms with Crippen molar-refractivity contribution < 1.29 is 0 Å². The van der Waals surface area contributed by atoms with Crippen LogP contribution in [-0.4, -0.2) is 28.9 Å². The maximum absolute atomic E-state index is 5.97. The standard InChI is InChI=1S/C12H14ClN3S/c13-6-9-2-1-4-16(7-9)11-10-3-5-17-12(10)15-8-14-11/h3,5,8-9H,1-2,4,6-7H2. The van der Waals surface area contributed by atoms with Gasteiger partial charge in [-0.25, -0.2) is 9.97 Å². The van der Waals surface area contributed by atoms with Crippen LogP contribution < -0.4 is 4.90 Å². The highest BCUT2D eigenvalue weighted by Gasteiger charge is 2.21. The minimum Gasteiger partial charge on any atom is -0.356 e. The summed E-state index contributed by atoms with van der Waals surface area (Å²) in [6.45, 7) is 2.10. The Morgan fingerprint density at radius 3 is 3.29 bits per heavy atom. The number of hydrogen-bond acceptors (Lipinski definition) is 4. The number of nitrogens with zero attached hydrogens (tertiary/aromatic N) is 3. The summed E-state index contributed by atoms with van der Waals surface area (Å²) in [4.78, 5) is 12.2. The van der Waals surface area contributed by atoms with Crippen molar-refractivity contribution >= 4 is 39.0 Å². The fraction of sp³-hybridized carbons (Fsp3) is 0.500. The van der Waals surface area contributed by atoms with E-state index in [0.29, 0.717) is 5.92 Å². The highest BCUT2D eigenvalue weighted by molar-refractivity contribution is 7.16. The SMILES string of the molecule is ClCC1CCCN(c2ncnc3sccc23)C1. The van der Waals surface area contributed by atoms with Crippen molar-refractivity contribution in [3.05, 3.63) is 17.8 Å². The molecule has 3 rings (SSSR count). The van der Waals surface area contributed by atoms with Crippen LogP contribution in [0, 0.1) is 5.92 Å². The number of halogens is 1. The molecule has 0 saturated carbocycles. The summed E-state index contributed by atoms with van der Waals surface area (Å²) in [6, 6.07) is 2.11. The van der Waals surface area contributed by atoms with Crippen LogP contribution >= 0.6 is 22.9 Å². The average Bonchev–Trinajstić information content (AvgIpc) is 2.87. The van der Waals surface area contributed by atoms with E-state index >= 15 is 0 Å². The van der Waals surface area contributed by atoms with E-state index in [1.807, 2.05) is 0 Å². The molecule has 3 heterocycles. The first-order chi connectivity index (χ1) is 8.38. The Kier molecular flexibility index (Phi) is 3.16. The smallest absolute Gasteiger partial charge is 0.140 e. The van der Waals surface area contributed by atoms with E-state index in [-0.39, 0.29) is 0 Å². The zero-order valence-corrected chi connectivity index (χ0v) is 11.0. The number of rotatable bonds is 2. The van der Waals surface area contributed by atoms with E-state index in [1.165, 1.54) is 18.2 Å². The Morgan fingerprint density at radius 2 is 2.41 bits per heavy atom. The van der Waals surface area contributed by atoms with Gasteiger partial charge in [-0.05, 0) is 30.2 Å². The molecular weight excluding hydrogens is 254 g/mol. The molecule has 3 nitrogen and oxygen atoms in total. The Morgan fingerprint density at radius 1 is 1.47 bits per heavy atom. The number of piperidine rings is 1. The van der Waals surface area contributed by atoms with Crippen LogP contribution in [0.4, 0.5) is 5.82 Å². The first-order valence-corrected chi connectivity index (χ1v) is 7.29. The molecule has 0 bridgehead atoms. The highest BCUT2D eigenvalue weighted by Crippen LogP contribution is 2.29. The zero-order valence-electron chi connectivity index (χ0n) is 9.47. The number of hydrogen-bond donors (Lipinski definition) is 0. The molecule has 1 saturated heterocycles. The molecule has 0 aliphatic carbocycles. The van der Waals surface area contributed by atoms with Crippen LogP contribution in [0.2, 0.25) is 0 Å². The molecule has 1 unspecified atom stereocenters. The molecule has 2 aromatic rings. The number of aromatic nitrogens is 2. The second-order valence-electron chi connectivity index (χ2n) is 4.45. The maximum atomic E-state index is 5.97. The molecule has 1 atom stereocenters. The summed E-state index contributed by atoms with van der Waals surface area (Å²) in [7, 11) is 0. The molecule has 0 radical (unpaired) electrons. The highest BCUT2D eigenvalue weighted by atomic mass is 35.5. The van der Waals surface area contributed by atoms with Gasteiger partial charge < -0.3 is 4.90 Å². The van der Waals surface area contributed by atoms with Gasteiger partial charge in [0.05, 0.1) is 5.39 Å². The number of alkyl halides is 1. The molecule has 17 heavy (non-hydrogen) atoms. The zero-order chi connectivity index (χ0) is 11.7. The van der Waals surface area contributed by atoms with Crippen LogP contribution in [0.1, 0.15) is 12.8 Å². The van der Waals surface area contributed by atoms with Crippen LogP contribution in [0.5, 0.6) is 0 Å². The number of thiophene rings is 1. The van der Waals surface area contributed by atoms with Crippen molar-refractivity contribution in [2.45, 2.75) is 12.8 Å². The minimum absolute atomic E-state index is 0.592. The van der Waals surface area contributed by atoms with Crippen molar-refractivity contribution in [3.8, 4) is 0 Å². The van der Waals surface area contributed by atoms with E-state index in [1.54, 1.807) is 17.7 Å². The van der Waals surface area contributed by atoms with E-state index in [4.69, 9.17) is 11.6 Å². The first-order valence-electron chi connectivity index (χ1n) is 5.87. The topological polar surface area (TPSA) is 29.0 Å². The Hall–Kier alpha value is -0.870. The van der Waals surface area contributed by atoms with Gasteiger partial charge in [0.2, 0.25) is 0 Å². The Labute approximate surface area is 109 Å². The van der Waals surface area contributed by atoms with Crippen molar-refractivity contribution in [2.75, 3.05) is 23.9 Å². The van der Waals surface area contributed by atoms with E-state index in [9.17, 15) is 0 Å². The third-order valence-electron chi connectivity index (χ3n) is 3.28. The van der Waals surface area contributed by atoms with Gasteiger partial charge >= 0.3 is 0 Å². The lowest BCUT2D eigenvalue weighted by molar-refractivity contribution is 0.449. The summed E-state index contributed by atoms with van der Waals surface area (Å²) in [5.74, 6) is 2.41. The van der Waals surface area contributed by atoms with E-state index in [0.717, 1.165) is 29.6 Å². The Balaban J connectivity index is 1.94. The van der Waals surface area contributed by atoms with Crippen molar-refractivity contribution in [2.24, 2.45) is 5.92 Å². The van der Waals surface area contributed by atoms with Gasteiger partial charge in [-0.1, -0.05) is 0 Å². The monoisotopic (exact) mass is 267 g/mol. The first kappa shape index (κ1) is 11.2. The second kappa shape index (κ2) is 4.78. The lowest BCUT2D eigenvalue weighted by atomic mass is 10.00. The lowest BCUT2D eigenvalue weighted by Gasteiger charge is -2.32. The van der Waals surface area contributed by atoms with Crippen LogP contribution in [0.25, 0.3) is 10.2 Å². The van der Waals surface area contributed by atoms with Gasteiger partial charge in [-0.15, -0.1) is 22.9 Å². The fourth-order valence-electron chi connectivity index (χ4n) is 2.41. The van der Waals surface area contributed by atoms with Gasteiger partial charge in [-0.3, -0.25) is 0 Å². The number of anilines is 1. The third-order valence-corrected chi connectivity index (χ3v) is 4.53. The lowest BCUT2D eigenvalue weighted by Crippen LogP contribution is -2.36. The van der Waals surface area contributed by atoms with E-state index < -0.39 is 0 Å². The van der Waals surface area contributed by atoms with Crippen molar-refractivity contribution in [1.82, 2.24) is 9.97 Å². The Bertz CT molecular complexity index is 513. The molecule has 2 aromatic heterocycles. The largest absolute Gasteiger partial charge is 0.356 e. The number of fused-ring (bicyclic) bond motifs is 1.